The van der Waals surface area contributed by atoms with E-state index in [0.717, 1.165) is 5.56 Å². The first kappa shape index (κ1) is 26.9. The number of hydrazine groups is 1. The molecule has 2 atom stereocenters. The Morgan fingerprint density at radius 1 is 0.971 bits per heavy atom. The number of hydroxylamine groups is 1. The molecular weight excluding hydrogens is 434 g/mol. The van der Waals surface area contributed by atoms with E-state index < -0.39 is 29.6 Å². The average Bonchev–Trinajstić information content (AvgIpc) is 3.34. The summed E-state index contributed by atoms with van der Waals surface area (Å²) in [6.07, 6.45) is 5.71. The van der Waals surface area contributed by atoms with Gasteiger partial charge in [-0.3, -0.25) is 25.0 Å². The first-order chi connectivity index (χ1) is 16.2. The Labute approximate surface area is 200 Å². The molecule has 3 N–H and O–H groups in total. The summed E-state index contributed by atoms with van der Waals surface area (Å²) in [5.41, 5.74) is 5.37. The Balaban J connectivity index is 2.27. The van der Waals surface area contributed by atoms with Gasteiger partial charge in [-0.2, -0.15) is 0 Å². The summed E-state index contributed by atoms with van der Waals surface area (Å²) in [4.78, 5) is 38.9. The lowest BCUT2D eigenvalue weighted by atomic mass is 9.82. The summed E-state index contributed by atoms with van der Waals surface area (Å²) < 4.78 is 5.21. The maximum absolute atomic E-state index is 13.4. The number of nitrogens with zero attached hydrogens (tertiary/aromatic N) is 1. The number of hydrogen-bond donors (Lipinski definition) is 3. The van der Waals surface area contributed by atoms with Crippen LogP contribution in [0.1, 0.15) is 56.7 Å². The largest absolute Gasteiger partial charge is 0.459 e. The van der Waals surface area contributed by atoms with E-state index in [0.29, 0.717) is 6.42 Å². The van der Waals surface area contributed by atoms with Crippen molar-refractivity contribution in [3.8, 4) is 0 Å². The number of nitrogens with one attached hydrogen (secondary N) is 2. The number of hydrogen-bond acceptors (Lipinski definition) is 5. The van der Waals surface area contributed by atoms with Crippen molar-refractivity contribution in [2.45, 2.75) is 40.5 Å². The second-order valence-electron chi connectivity index (χ2n) is 9.13. The van der Waals surface area contributed by atoms with Crippen molar-refractivity contribution >= 4 is 23.8 Å². The van der Waals surface area contributed by atoms with Crippen LogP contribution in [0.5, 0.6) is 0 Å². The van der Waals surface area contributed by atoms with Crippen LogP contribution in [0.25, 0.3) is 6.08 Å². The van der Waals surface area contributed by atoms with Gasteiger partial charge < -0.3 is 4.42 Å². The molecule has 0 unspecified atom stereocenters. The summed E-state index contributed by atoms with van der Waals surface area (Å²) in [5, 5.41) is 10.6. The minimum atomic E-state index is -0.827. The average molecular weight is 470 g/mol. The fraction of sp³-hybridized carbons (Fsp3) is 0.423. The van der Waals surface area contributed by atoms with Crippen LogP contribution in [0.4, 0.5) is 0 Å². The van der Waals surface area contributed by atoms with Gasteiger partial charge >= 0.3 is 5.91 Å². The molecule has 0 radical (unpaired) electrons. The highest BCUT2D eigenvalue weighted by atomic mass is 16.5. The zero-order chi connectivity index (χ0) is 25.1. The number of rotatable bonds is 11. The molecule has 184 valence electrons. The Morgan fingerprint density at radius 2 is 1.68 bits per heavy atom. The van der Waals surface area contributed by atoms with E-state index in [1.54, 1.807) is 11.5 Å². The van der Waals surface area contributed by atoms with Gasteiger partial charge in [0.15, 0.2) is 5.76 Å². The molecule has 34 heavy (non-hydrogen) atoms. The van der Waals surface area contributed by atoms with Gasteiger partial charge in [-0.05, 0) is 42.4 Å². The van der Waals surface area contributed by atoms with Crippen molar-refractivity contribution in [3.63, 3.8) is 0 Å². The van der Waals surface area contributed by atoms with Crippen LogP contribution >= 0.6 is 0 Å². The number of furan rings is 1. The molecule has 3 amide bonds. The van der Waals surface area contributed by atoms with Gasteiger partial charge in [-0.25, -0.2) is 10.5 Å². The maximum atomic E-state index is 13.4. The standard InChI is InChI=1S/C26H35N3O5/c1-18(2)16-22(21(25(31)28-33)13-8-12-20-10-6-5-7-11-20)24(30)27-29(17-19(3)4)26(32)23-14-9-15-34-23/h5-12,14-15,18-19,21-22,33H,13,16-17H2,1-4H3,(H,27,30)(H,28,31)/t21-,22+/m0/s1. The predicted molar refractivity (Wildman–Crippen MR) is 129 cm³/mol. The Kier molecular flexibility index (Phi) is 10.5. The van der Waals surface area contributed by atoms with Crippen LogP contribution in [0.2, 0.25) is 0 Å². The van der Waals surface area contributed by atoms with Crippen LogP contribution in [-0.4, -0.2) is 34.5 Å². The van der Waals surface area contributed by atoms with Crippen molar-refractivity contribution in [3.05, 3.63) is 66.1 Å². The Morgan fingerprint density at radius 3 is 2.24 bits per heavy atom. The van der Waals surface area contributed by atoms with Gasteiger partial charge in [-0.1, -0.05) is 70.2 Å². The molecule has 8 nitrogen and oxygen atoms in total. The summed E-state index contributed by atoms with van der Waals surface area (Å²) in [5.74, 6) is -2.89. The molecule has 0 bridgehead atoms. The minimum Gasteiger partial charge on any atom is -0.459 e. The van der Waals surface area contributed by atoms with Crippen LogP contribution in [-0.2, 0) is 9.59 Å². The number of allylic oxidation sites excluding steroid dienone is 1. The van der Waals surface area contributed by atoms with Gasteiger partial charge in [0.25, 0.3) is 0 Å². The zero-order valence-electron chi connectivity index (χ0n) is 20.2. The Hall–Kier alpha value is -3.39. The minimum absolute atomic E-state index is 0.0769. The van der Waals surface area contributed by atoms with E-state index >= 15 is 0 Å². The van der Waals surface area contributed by atoms with E-state index in [-0.39, 0.29) is 30.6 Å². The number of carbonyl (C=O) groups is 3. The first-order valence-corrected chi connectivity index (χ1v) is 11.5. The molecule has 8 heteroatoms. The highest BCUT2D eigenvalue weighted by Crippen LogP contribution is 2.26. The fourth-order valence-electron chi connectivity index (χ4n) is 3.71. The summed E-state index contributed by atoms with van der Waals surface area (Å²) >= 11 is 0. The third kappa shape index (κ3) is 8.19. The molecule has 0 saturated carbocycles. The molecule has 0 spiro atoms. The van der Waals surface area contributed by atoms with E-state index in [1.165, 1.54) is 17.3 Å². The second-order valence-corrected chi connectivity index (χ2v) is 9.13. The molecule has 2 rings (SSSR count). The number of amides is 3. The monoisotopic (exact) mass is 469 g/mol. The molecular formula is C26H35N3O5. The normalized spacial score (nSPS) is 13.1. The number of benzene rings is 1. The fourth-order valence-corrected chi connectivity index (χ4v) is 3.71. The van der Waals surface area contributed by atoms with Crippen LogP contribution in [0.15, 0.2) is 59.2 Å². The quantitative estimate of drug-likeness (QED) is 0.336. The SMILES string of the molecule is CC(C)C[C@@H](C(=O)NN(CC(C)C)C(=O)c1ccco1)[C@H](CC=Cc1ccccc1)C(=O)NO. The van der Waals surface area contributed by atoms with Crippen molar-refractivity contribution in [1.82, 2.24) is 15.9 Å². The topological polar surface area (TPSA) is 112 Å². The molecule has 1 aromatic heterocycles. The summed E-state index contributed by atoms with van der Waals surface area (Å²) in [6.45, 7) is 8.03. The van der Waals surface area contributed by atoms with E-state index in [9.17, 15) is 19.6 Å². The van der Waals surface area contributed by atoms with Crippen molar-refractivity contribution in [1.29, 1.82) is 0 Å². The third-order valence-corrected chi connectivity index (χ3v) is 5.26. The van der Waals surface area contributed by atoms with Gasteiger partial charge in [0.05, 0.1) is 18.1 Å². The van der Waals surface area contributed by atoms with E-state index in [1.807, 2.05) is 70.2 Å². The van der Waals surface area contributed by atoms with E-state index in [4.69, 9.17) is 4.42 Å². The molecule has 0 aliphatic carbocycles. The van der Waals surface area contributed by atoms with Crippen molar-refractivity contribution < 1.29 is 24.0 Å². The number of carbonyl (C=O) groups excluding carboxylic acids is 3. The highest BCUT2D eigenvalue weighted by molar-refractivity contribution is 5.94. The molecule has 0 fully saturated rings. The summed E-state index contributed by atoms with van der Waals surface area (Å²) in [6, 6.07) is 12.7. The molecule has 1 aromatic carbocycles. The smallest absolute Gasteiger partial charge is 0.307 e. The molecule has 1 heterocycles. The lowest BCUT2D eigenvalue weighted by molar-refractivity contribution is -0.142. The second kappa shape index (κ2) is 13.3. The highest BCUT2D eigenvalue weighted by Gasteiger charge is 2.35. The van der Waals surface area contributed by atoms with Gasteiger partial charge in [-0.15, -0.1) is 0 Å². The summed E-state index contributed by atoms with van der Waals surface area (Å²) in [7, 11) is 0. The molecule has 2 aromatic rings. The third-order valence-electron chi connectivity index (χ3n) is 5.26. The van der Waals surface area contributed by atoms with Gasteiger partial charge in [0, 0.05) is 6.54 Å². The maximum Gasteiger partial charge on any atom is 0.307 e. The van der Waals surface area contributed by atoms with Crippen LogP contribution in [0, 0.1) is 23.7 Å². The predicted octanol–water partition coefficient (Wildman–Crippen LogP) is 4.30. The molecule has 0 saturated heterocycles. The van der Waals surface area contributed by atoms with Gasteiger partial charge in [0.1, 0.15) is 0 Å². The lowest BCUT2D eigenvalue weighted by Gasteiger charge is -2.30. The Bertz CT molecular complexity index is 939. The molecule has 0 aliphatic heterocycles. The van der Waals surface area contributed by atoms with Crippen molar-refractivity contribution in [2.75, 3.05) is 6.54 Å². The molecule has 0 aliphatic rings. The van der Waals surface area contributed by atoms with E-state index in [2.05, 4.69) is 5.43 Å². The first-order valence-electron chi connectivity index (χ1n) is 11.5. The van der Waals surface area contributed by atoms with Crippen LogP contribution < -0.4 is 10.9 Å². The lowest BCUT2D eigenvalue weighted by Crippen LogP contribution is -2.52. The van der Waals surface area contributed by atoms with Crippen molar-refractivity contribution in [2.24, 2.45) is 23.7 Å². The van der Waals surface area contributed by atoms with Gasteiger partial charge in [0.2, 0.25) is 11.8 Å². The zero-order valence-corrected chi connectivity index (χ0v) is 20.2. The van der Waals surface area contributed by atoms with Crippen LogP contribution in [0.3, 0.4) is 0 Å².